The van der Waals surface area contributed by atoms with E-state index in [-0.39, 0.29) is 11.7 Å². The number of hydrogen-bond acceptors (Lipinski definition) is 4. The van der Waals surface area contributed by atoms with Crippen LogP contribution in [0.25, 0.3) is 0 Å². The number of hydrogen-bond donors (Lipinski definition) is 2. The van der Waals surface area contributed by atoms with E-state index in [1.165, 1.54) is 6.33 Å². The summed E-state index contributed by atoms with van der Waals surface area (Å²) in [4.78, 5) is 14.9. The van der Waals surface area contributed by atoms with Gasteiger partial charge in [-0.1, -0.05) is 0 Å². The molecule has 0 radical (unpaired) electrons. The van der Waals surface area contributed by atoms with Gasteiger partial charge in [0, 0.05) is 20.3 Å². The zero-order valence-corrected chi connectivity index (χ0v) is 7.41. The Morgan fingerprint density at radius 2 is 2.62 bits per heavy atom. The van der Waals surface area contributed by atoms with Gasteiger partial charge in [-0.15, -0.1) is 0 Å². The van der Waals surface area contributed by atoms with E-state index in [1.807, 2.05) is 0 Å². The minimum Gasteiger partial charge on any atom is -0.385 e. The van der Waals surface area contributed by atoms with Crippen LogP contribution in [0, 0.1) is 0 Å². The Labute approximate surface area is 75.7 Å². The van der Waals surface area contributed by atoms with E-state index in [9.17, 15) is 4.79 Å². The second-order valence-electron chi connectivity index (χ2n) is 2.44. The summed E-state index contributed by atoms with van der Waals surface area (Å²) in [7, 11) is 1.62. The molecule has 1 aromatic heterocycles. The predicted molar refractivity (Wildman–Crippen MR) is 45.2 cm³/mol. The molecule has 0 aromatic carbocycles. The van der Waals surface area contributed by atoms with Crippen molar-refractivity contribution < 1.29 is 9.53 Å². The van der Waals surface area contributed by atoms with Crippen LogP contribution in [0.2, 0.25) is 0 Å². The highest BCUT2D eigenvalue weighted by atomic mass is 16.5. The van der Waals surface area contributed by atoms with Crippen LogP contribution in [0.4, 0.5) is 0 Å². The van der Waals surface area contributed by atoms with Crippen molar-refractivity contribution in [2.45, 2.75) is 6.42 Å². The number of amides is 1. The molecule has 0 fully saturated rings. The Bertz CT molecular complexity index is 247. The molecule has 1 rings (SSSR count). The second-order valence-corrected chi connectivity index (χ2v) is 2.44. The molecule has 0 unspecified atom stereocenters. The van der Waals surface area contributed by atoms with Crippen molar-refractivity contribution >= 4 is 5.91 Å². The Morgan fingerprint density at radius 1 is 1.77 bits per heavy atom. The van der Waals surface area contributed by atoms with Gasteiger partial charge < -0.3 is 10.1 Å². The zero-order chi connectivity index (χ0) is 9.52. The molecule has 0 saturated heterocycles. The smallest absolute Gasteiger partial charge is 0.288 e. The van der Waals surface area contributed by atoms with E-state index in [0.717, 1.165) is 6.42 Å². The molecule has 0 spiro atoms. The summed E-state index contributed by atoms with van der Waals surface area (Å²) in [6.45, 7) is 1.21. The zero-order valence-electron chi connectivity index (χ0n) is 7.41. The summed E-state index contributed by atoms with van der Waals surface area (Å²) in [5.41, 5.74) is 0. The first kappa shape index (κ1) is 9.66. The highest BCUT2D eigenvalue weighted by Crippen LogP contribution is 1.85. The fourth-order valence-corrected chi connectivity index (χ4v) is 0.817. The van der Waals surface area contributed by atoms with Crippen molar-refractivity contribution in [3.05, 3.63) is 12.2 Å². The van der Waals surface area contributed by atoms with Crippen molar-refractivity contribution in [3.63, 3.8) is 0 Å². The molecule has 1 aromatic rings. The van der Waals surface area contributed by atoms with Crippen LogP contribution in [-0.4, -0.2) is 41.3 Å². The Morgan fingerprint density at radius 3 is 3.23 bits per heavy atom. The van der Waals surface area contributed by atoms with E-state index >= 15 is 0 Å². The first-order chi connectivity index (χ1) is 6.34. The fraction of sp³-hybridized carbons (Fsp3) is 0.571. The van der Waals surface area contributed by atoms with E-state index in [0.29, 0.717) is 13.2 Å². The Kier molecular flexibility index (Phi) is 3.90. The minimum absolute atomic E-state index is 0.234. The van der Waals surface area contributed by atoms with E-state index in [1.54, 1.807) is 7.11 Å². The number of carbonyl (C=O) groups is 1. The van der Waals surface area contributed by atoms with Gasteiger partial charge in [0.05, 0.1) is 0 Å². The Hall–Kier alpha value is -1.43. The van der Waals surface area contributed by atoms with Crippen molar-refractivity contribution in [2.75, 3.05) is 20.3 Å². The quantitative estimate of drug-likeness (QED) is 0.608. The topological polar surface area (TPSA) is 79.9 Å². The number of carbonyl (C=O) groups excluding carboxylic acids is 1. The summed E-state index contributed by atoms with van der Waals surface area (Å²) in [6, 6.07) is 0. The Balaban J connectivity index is 2.19. The summed E-state index contributed by atoms with van der Waals surface area (Å²) >= 11 is 0. The number of nitrogens with one attached hydrogen (secondary N) is 2. The molecule has 72 valence electrons. The molecule has 1 heterocycles. The maximum Gasteiger partial charge on any atom is 0.288 e. The molecule has 0 aliphatic carbocycles. The molecule has 13 heavy (non-hydrogen) atoms. The minimum atomic E-state index is -0.242. The lowest BCUT2D eigenvalue weighted by molar-refractivity contribution is 0.0938. The van der Waals surface area contributed by atoms with Crippen LogP contribution in [0.3, 0.4) is 0 Å². The number of H-pyrrole nitrogens is 1. The van der Waals surface area contributed by atoms with Crippen LogP contribution in [0.15, 0.2) is 6.33 Å². The molecule has 0 aliphatic rings. The number of rotatable bonds is 5. The van der Waals surface area contributed by atoms with Crippen LogP contribution in [0.5, 0.6) is 0 Å². The van der Waals surface area contributed by atoms with Crippen molar-refractivity contribution in [3.8, 4) is 0 Å². The molecular formula is C7H12N4O2. The molecule has 1 amide bonds. The van der Waals surface area contributed by atoms with Gasteiger partial charge in [0.15, 0.2) is 0 Å². The van der Waals surface area contributed by atoms with Crippen LogP contribution < -0.4 is 5.32 Å². The monoisotopic (exact) mass is 184 g/mol. The predicted octanol–water partition coefficient (Wildman–Crippen LogP) is -0.429. The van der Waals surface area contributed by atoms with Crippen LogP contribution in [-0.2, 0) is 4.74 Å². The van der Waals surface area contributed by atoms with Crippen LogP contribution in [0.1, 0.15) is 17.0 Å². The maximum atomic E-state index is 11.2. The summed E-state index contributed by atoms with van der Waals surface area (Å²) in [6.07, 6.45) is 2.08. The first-order valence-corrected chi connectivity index (χ1v) is 3.97. The van der Waals surface area contributed by atoms with Gasteiger partial charge in [-0.2, -0.15) is 5.10 Å². The van der Waals surface area contributed by atoms with E-state index in [2.05, 4.69) is 20.5 Å². The highest BCUT2D eigenvalue weighted by molar-refractivity contribution is 5.90. The van der Waals surface area contributed by atoms with E-state index < -0.39 is 0 Å². The SMILES string of the molecule is COCCCNC(=O)c1ncn[nH]1. The molecule has 0 aliphatic heterocycles. The first-order valence-electron chi connectivity index (χ1n) is 3.97. The largest absolute Gasteiger partial charge is 0.385 e. The van der Waals surface area contributed by atoms with Gasteiger partial charge in [-0.05, 0) is 6.42 Å². The molecular weight excluding hydrogens is 172 g/mol. The number of nitrogens with zero attached hydrogens (tertiary/aromatic N) is 2. The number of aromatic nitrogens is 3. The number of aromatic amines is 1. The molecule has 0 bridgehead atoms. The average molecular weight is 184 g/mol. The molecule has 6 heteroatoms. The van der Waals surface area contributed by atoms with E-state index in [4.69, 9.17) is 4.74 Å². The second kappa shape index (κ2) is 5.26. The van der Waals surface area contributed by atoms with Crippen LogP contribution >= 0.6 is 0 Å². The van der Waals surface area contributed by atoms with Gasteiger partial charge in [-0.3, -0.25) is 9.89 Å². The van der Waals surface area contributed by atoms with Crippen molar-refractivity contribution in [1.82, 2.24) is 20.5 Å². The summed E-state index contributed by atoms with van der Waals surface area (Å²) < 4.78 is 4.83. The van der Waals surface area contributed by atoms with Crippen molar-refractivity contribution in [1.29, 1.82) is 0 Å². The average Bonchev–Trinajstić information content (AvgIpc) is 2.65. The fourth-order valence-electron chi connectivity index (χ4n) is 0.817. The van der Waals surface area contributed by atoms with Gasteiger partial charge >= 0.3 is 0 Å². The van der Waals surface area contributed by atoms with Gasteiger partial charge in [0.2, 0.25) is 5.82 Å². The third kappa shape index (κ3) is 3.20. The molecule has 0 saturated carbocycles. The third-order valence-electron chi connectivity index (χ3n) is 1.44. The van der Waals surface area contributed by atoms with Gasteiger partial charge in [-0.25, -0.2) is 4.98 Å². The number of ether oxygens (including phenoxy) is 1. The van der Waals surface area contributed by atoms with Crippen molar-refractivity contribution in [2.24, 2.45) is 0 Å². The third-order valence-corrected chi connectivity index (χ3v) is 1.44. The maximum absolute atomic E-state index is 11.2. The summed E-state index contributed by atoms with van der Waals surface area (Å²) in [5, 5.41) is 8.71. The highest BCUT2D eigenvalue weighted by Gasteiger charge is 2.06. The molecule has 0 atom stereocenters. The normalized spacial score (nSPS) is 9.92. The molecule has 6 nitrogen and oxygen atoms in total. The lowest BCUT2D eigenvalue weighted by atomic mass is 10.4. The standard InChI is InChI=1S/C7H12N4O2/c1-13-4-2-3-8-7(12)6-9-5-10-11-6/h5H,2-4H2,1H3,(H,8,12)(H,9,10,11). The lowest BCUT2D eigenvalue weighted by Gasteiger charge is -2.01. The van der Waals surface area contributed by atoms with Gasteiger partial charge in [0.25, 0.3) is 5.91 Å². The molecule has 2 N–H and O–H groups in total. The number of methoxy groups -OCH3 is 1. The van der Waals surface area contributed by atoms with Gasteiger partial charge in [0.1, 0.15) is 6.33 Å². The summed E-state index contributed by atoms with van der Waals surface area (Å²) in [5.74, 6) is -0.00831. The lowest BCUT2D eigenvalue weighted by Crippen LogP contribution is -2.26.